The van der Waals surface area contributed by atoms with Crippen molar-refractivity contribution in [3.63, 3.8) is 0 Å². The van der Waals surface area contributed by atoms with E-state index in [1.165, 1.54) is 6.07 Å². The lowest BCUT2D eigenvalue weighted by Crippen LogP contribution is -2.34. The third-order valence-corrected chi connectivity index (χ3v) is 7.06. The zero-order valence-electron chi connectivity index (χ0n) is 19.2. The molecule has 0 spiro atoms. The van der Waals surface area contributed by atoms with Gasteiger partial charge >= 0.3 is 0 Å². The van der Waals surface area contributed by atoms with E-state index in [1.54, 1.807) is 22.8 Å². The SMILES string of the molecule is CC(C)[n+]1ccc(-c2cc(-c3ccccc3Cl)c3ccc(=O)n(-c4c(Cl)cccc4Cl)c3c2)cc1. The molecule has 5 rings (SSSR count). The molecule has 35 heavy (non-hydrogen) atoms. The van der Waals surface area contributed by atoms with Gasteiger partial charge in [0.1, 0.15) is 0 Å². The Bertz CT molecular complexity index is 1600. The zero-order valence-corrected chi connectivity index (χ0v) is 21.4. The molecule has 0 unspecified atom stereocenters. The van der Waals surface area contributed by atoms with Crippen LogP contribution in [0.25, 0.3) is 38.8 Å². The lowest BCUT2D eigenvalue weighted by atomic mass is 9.95. The molecule has 0 aliphatic heterocycles. The van der Waals surface area contributed by atoms with E-state index in [0.717, 1.165) is 27.6 Å². The predicted octanol–water partition coefficient (Wildman–Crippen LogP) is 8.15. The molecule has 5 aromatic rings. The van der Waals surface area contributed by atoms with Crippen LogP contribution in [0.5, 0.6) is 0 Å². The maximum absolute atomic E-state index is 13.2. The van der Waals surface area contributed by atoms with Crippen LogP contribution in [-0.4, -0.2) is 4.57 Å². The third kappa shape index (κ3) is 4.36. The normalized spacial score (nSPS) is 11.4. The summed E-state index contributed by atoms with van der Waals surface area (Å²) in [6.07, 6.45) is 4.12. The number of para-hydroxylation sites is 1. The topological polar surface area (TPSA) is 25.9 Å². The Morgan fingerprint density at radius 3 is 2.03 bits per heavy atom. The molecule has 0 saturated heterocycles. The van der Waals surface area contributed by atoms with Crippen LogP contribution in [0.4, 0.5) is 0 Å². The highest BCUT2D eigenvalue weighted by atomic mass is 35.5. The molecular formula is C29H22Cl3N2O+. The number of nitrogens with zero attached hydrogens (tertiary/aromatic N) is 2. The Morgan fingerprint density at radius 2 is 1.37 bits per heavy atom. The second-order valence-electron chi connectivity index (χ2n) is 8.64. The van der Waals surface area contributed by atoms with Crippen LogP contribution < -0.4 is 10.1 Å². The van der Waals surface area contributed by atoms with E-state index in [1.807, 2.05) is 36.4 Å². The molecule has 0 aliphatic rings. The van der Waals surface area contributed by atoms with Gasteiger partial charge in [0, 0.05) is 34.2 Å². The summed E-state index contributed by atoms with van der Waals surface area (Å²) in [5.74, 6) is 0. The second kappa shape index (κ2) is 9.50. The molecule has 0 bridgehead atoms. The number of halogens is 3. The molecule has 6 heteroatoms. The van der Waals surface area contributed by atoms with Crippen LogP contribution in [-0.2, 0) is 0 Å². The van der Waals surface area contributed by atoms with Crippen molar-refractivity contribution in [2.24, 2.45) is 0 Å². The average molecular weight is 521 g/mol. The van der Waals surface area contributed by atoms with Crippen molar-refractivity contribution in [1.29, 1.82) is 0 Å². The van der Waals surface area contributed by atoms with Gasteiger partial charge in [-0.15, -0.1) is 0 Å². The van der Waals surface area contributed by atoms with E-state index in [4.69, 9.17) is 34.8 Å². The number of benzene rings is 3. The third-order valence-electron chi connectivity index (χ3n) is 6.12. The second-order valence-corrected chi connectivity index (χ2v) is 9.86. The van der Waals surface area contributed by atoms with Crippen LogP contribution in [0.15, 0.2) is 96.1 Å². The first-order chi connectivity index (χ1) is 16.8. The Hall–Kier alpha value is -3.11. The molecular weight excluding hydrogens is 499 g/mol. The summed E-state index contributed by atoms with van der Waals surface area (Å²) in [5.41, 5.74) is 4.70. The van der Waals surface area contributed by atoms with Crippen molar-refractivity contribution >= 4 is 45.7 Å². The van der Waals surface area contributed by atoms with Gasteiger partial charge in [0.25, 0.3) is 5.56 Å². The largest absolute Gasteiger partial charge is 0.274 e. The zero-order chi connectivity index (χ0) is 24.7. The maximum atomic E-state index is 13.2. The molecule has 0 aliphatic carbocycles. The first-order valence-electron chi connectivity index (χ1n) is 11.3. The minimum absolute atomic E-state index is 0.222. The number of hydrogen-bond acceptors (Lipinski definition) is 1. The molecule has 3 nitrogen and oxygen atoms in total. The highest BCUT2D eigenvalue weighted by Crippen LogP contribution is 2.38. The van der Waals surface area contributed by atoms with E-state index < -0.39 is 0 Å². The van der Waals surface area contributed by atoms with Gasteiger partial charge in [0.2, 0.25) is 0 Å². The first kappa shape index (κ1) is 23.6. The summed E-state index contributed by atoms with van der Waals surface area (Å²) in [4.78, 5) is 13.2. The van der Waals surface area contributed by atoms with Crippen LogP contribution in [0.2, 0.25) is 15.1 Å². The van der Waals surface area contributed by atoms with E-state index in [0.29, 0.717) is 32.3 Å². The van der Waals surface area contributed by atoms with E-state index in [-0.39, 0.29) is 5.56 Å². The molecule has 0 radical (unpaired) electrons. The Kier molecular flexibility index (Phi) is 6.41. The molecule has 0 N–H and O–H groups in total. The number of rotatable bonds is 4. The monoisotopic (exact) mass is 519 g/mol. The Balaban J connectivity index is 1.89. The van der Waals surface area contributed by atoms with Crippen LogP contribution in [0, 0.1) is 0 Å². The van der Waals surface area contributed by atoms with E-state index in [9.17, 15) is 4.79 Å². The molecule has 0 amide bonds. The lowest BCUT2D eigenvalue weighted by molar-refractivity contribution is -0.716. The van der Waals surface area contributed by atoms with Gasteiger partial charge in [-0.3, -0.25) is 9.36 Å². The highest BCUT2D eigenvalue weighted by molar-refractivity contribution is 6.38. The molecule has 3 aromatic carbocycles. The Labute approximate surface area is 218 Å². The maximum Gasteiger partial charge on any atom is 0.255 e. The summed E-state index contributed by atoms with van der Waals surface area (Å²) in [6.45, 7) is 4.27. The van der Waals surface area contributed by atoms with Crippen LogP contribution in [0.3, 0.4) is 0 Å². The molecule has 2 aromatic heterocycles. The predicted molar refractivity (Wildman–Crippen MR) is 146 cm³/mol. The molecule has 0 atom stereocenters. The fourth-order valence-corrected chi connectivity index (χ4v) is 5.13. The van der Waals surface area contributed by atoms with Crippen molar-refractivity contribution < 1.29 is 4.57 Å². The minimum Gasteiger partial charge on any atom is -0.274 e. The summed E-state index contributed by atoms with van der Waals surface area (Å²) in [7, 11) is 0. The number of pyridine rings is 2. The molecule has 0 saturated carbocycles. The Morgan fingerprint density at radius 1 is 0.714 bits per heavy atom. The summed E-state index contributed by atoms with van der Waals surface area (Å²) >= 11 is 19.7. The number of hydrogen-bond donors (Lipinski definition) is 0. The summed E-state index contributed by atoms with van der Waals surface area (Å²) < 4.78 is 3.72. The van der Waals surface area contributed by atoms with Gasteiger partial charge in [-0.25, -0.2) is 4.57 Å². The lowest BCUT2D eigenvalue weighted by Gasteiger charge is -2.18. The fourth-order valence-electron chi connectivity index (χ4n) is 4.32. The van der Waals surface area contributed by atoms with Crippen molar-refractivity contribution in [1.82, 2.24) is 4.57 Å². The standard InChI is InChI=1S/C29H22Cl3N2O/c1-18(2)33-14-12-19(13-15-33)20-16-23(21-6-3-4-7-24(21)30)22-10-11-28(35)34(27(22)17-20)29-25(31)8-5-9-26(29)32/h3-18H,1-2H3/q+1. The summed E-state index contributed by atoms with van der Waals surface area (Å²) in [5, 5.41) is 2.29. The quantitative estimate of drug-likeness (QED) is 0.220. The van der Waals surface area contributed by atoms with Gasteiger partial charge in [0.15, 0.2) is 18.4 Å². The highest BCUT2D eigenvalue weighted by Gasteiger charge is 2.18. The smallest absolute Gasteiger partial charge is 0.255 e. The first-order valence-corrected chi connectivity index (χ1v) is 12.4. The van der Waals surface area contributed by atoms with E-state index >= 15 is 0 Å². The number of aromatic nitrogens is 2. The molecule has 0 fully saturated rings. The van der Waals surface area contributed by atoms with Crippen LogP contribution >= 0.6 is 34.8 Å². The molecule has 2 heterocycles. The minimum atomic E-state index is -0.222. The van der Waals surface area contributed by atoms with Crippen molar-refractivity contribution in [2.45, 2.75) is 19.9 Å². The van der Waals surface area contributed by atoms with Crippen LogP contribution in [0.1, 0.15) is 19.9 Å². The fraction of sp³-hybridized carbons (Fsp3) is 0.103. The van der Waals surface area contributed by atoms with Gasteiger partial charge in [0.05, 0.1) is 21.2 Å². The number of fused-ring (bicyclic) bond motifs is 1. The van der Waals surface area contributed by atoms with Gasteiger partial charge in [-0.05, 0) is 66.9 Å². The van der Waals surface area contributed by atoms with Crippen molar-refractivity contribution in [2.75, 3.05) is 0 Å². The van der Waals surface area contributed by atoms with Gasteiger partial charge in [-0.2, -0.15) is 0 Å². The van der Waals surface area contributed by atoms with Gasteiger partial charge < -0.3 is 0 Å². The molecule has 174 valence electrons. The van der Waals surface area contributed by atoms with E-state index in [2.05, 4.69) is 49.0 Å². The van der Waals surface area contributed by atoms with Gasteiger partial charge in [-0.1, -0.05) is 59.1 Å². The average Bonchev–Trinajstić information content (AvgIpc) is 2.85. The summed E-state index contributed by atoms with van der Waals surface area (Å²) in [6, 6.07) is 24.9. The van der Waals surface area contributed by atoms with Crippen molar-refractivity contribution in [3.8, 4) is 27.9 Å². The van der Waals surface area contributed by atoms with Crippen molar-refractivity contribution in [3.05, 3.63) is 117 Å².